The fourth-order valence-corrected chi connectivity index (χ4v) is 5.35. The highest BCUT2D eigenvalue weighted by atomic mass is 16.6. The molecule has 0 bridgehead atoms. The van der Waals surface area contributed by atoms with Crippen molar-refractivity contribution in [3.05, 3.63) is 41.7 Å². The molecule has 19 heteroatoms. The minimum Gasteiger partial charge on any atom is -0.461 e. The van der Waals surface area contributed by atoms with Gasteiger partial charge in [-0.1, -0.05) is 20.8 Å². The number of amides is 2. The van der Waals surface area contributed by atoms with Crippen LogP contribution in [0, 0.1) is 5.41 Å². The number of nitrogens with two attached hydrogens (primary N) is 2. The van der Waals surface area contributed by atoms with Gasteiger partial charge in [0, 0.05) is 49.7 Å². The number of Topliss-reactive ketones (excluding diaryl/α,β-unsaturated/α-hetero) is 1. The second kappa shape index (κ2) is 26.2. The molecule has 1 aromatic carbocycles. The van der Waals surface area contributed by atoms with Gasteiger partial charge in [-0.15, -0.1) is 0 Å². The third-order valence-corrected chi connectivity index (χ3v) is 8.57. The number of rotatable bonds is 29. The van der Waals surface area contributed by atoms with Crippen LogP contribution in [0.4, 0.5) is 17.5 Å². The van der Waals surface area contributed by atoms with Crippen molar-refractivity contribution in [2.24, 2.45) is 5.41 Å². The number of anilines is 3. The summed E-state index contributed by atoms with van der Waals surface area (Å²) in [4.78, 5) is 69.3. The fourth-order valence-electron chi connectivity index (χ4n) is 5.35. The fraction of sp³-hybridized carbons (Fsp3) is 0.610. The minimum absolute atomic E-state index is 0.00845. The van der Waals surface area contributed by atoms with Gasteiger partial charge in [0.1, 0.15) is 11.8 Å². The molecular weight excluding hydrogens is 779 g/mol. The lowest BCUT2D eigenvalue weighted by Crippen LogP contribution is -2.43. The van der Waals surface area contributed by atoms with Crippen molar-refractivity contribution < 1.29 is 47.6 Å². The van der Waals surface area contributed by atoms with Gasteiger partial charge in [0.2, 0.25) is 11.9 Å². The molecule has 0 aliphatic heterocycles. The maximum Gasteiger partial charge on any atom is 0.328 e. The Bertz CT molecular complexity index is 1790. The van der Waals surface area contributed by atoms with Crippen molar-refractivity contribution >= 4 is 52.2 Å². The van der Waals surface area contributed by atoms with E-state index < -0.39 is 29.4 Å². The van der Waals surface area contributed by atoms with Gasteiger partial charge in [-0.05, 0) is 51.0 Å². The second-order valence-electron chi connectivity index (χ2n) is 15.2. The predicted octanol–water partition coefficient (Wildman–Crippen LogP) is 2.65. The van der Waals surface area contributed by atoms with Crippen LogP contribution in [0.2, 0.25) is 0 Å². The number of benzene rings is 1. The van der Waals surface area contributed by atoms with E-state index in [1.54, 1.807) is 44.3 Å². The molecule has 3 aromatic rings. The number of ketones is 1. The van der Waals surface area contributed by atoms with Crippen molar-refractivity contribution in [1.29, 1.82) is 0 Å². The summed E-state index contributed by atoms with van der Waals surface area (Å²) >= 11 is 0. The number of fused-ring (bicyclic) bond motifs is 1. The van der Waals surface area contributed by atoms with Crippen molar-refractivity contribution in [3.8, 4) is 0 Å². The van der Waals surface area contributed by atoms with Gasteiger partial charge in [0.15, 0.2) is 17.0 Å². The molecule has 2 heterocycles. The number of nitrogens with zero attached hydrogens (tertiary/aromatic N) is 5. The zero-order valence-corrected chi connectivity index (χ0v) is 35.8. The zero-order valence-electron chi connectivity index (χ0n) is 35.8. The van der Waals surface area contributed by atoms with Crippen LogP contribution >= 0.6 is 0 Å². The molecule has 0 fully saturated rings. The van der Waals surface area contributed by atoms with E-state index in [1.165, 1.54) is 0 Å². The summed E-state index contributed by atoms with van der Waals surface area (Å²) in [5.41, 5.74) is 13.6. The number of nitrogens with one attached hydrogen (secondary N) is 2. The number of aromatic nitrogens is 4. The van der Waals surface area contributed by atoms with Crippen LogP contribution in [0.5, 0.6) is 0 Å². The summed E-state index contributed by atoms with van der Waals surface area (Å²) in [6, 6.07) is 5.84. The lowest BCUT2D eigenvalue weighted by molar-refractivity contribution is -0.150. The molecule has 0 aliphatic rings. The first-order valence-electron chi connectivity index (χ1n) is 20.2. The van der Waals surface area contributed by atoms with E-state index in [0.29, 0.717) is 108 Å². The summed E-state index contributed by atoms with van der Waals surface area (Å²) in [5, 5.41) is 5.57. The first-order chi connectivity index (χ1) is 28.6. The molecule has 2 aromatic heterocycles. The molecule has 0 spiro atoms. The van der Waals surface area contributed by atoms with E-state index in [0.717, 1.165) is 5.69 Å². The zero-order chi connectivity index (χ0) is 43.9. The van der Waals surface area contributed by atoms with Crippen molar-refractivity contribution in [2.45, 2.75) is 79.0 Å². The lowest BCUT2D eigenvalue weighted by Gasteiger charge is -2.20. The van der Waals surface area contributed by atoms with Gasteiger partial charge in [-0.25, -0.2) is 14.8 Å². The third-order valence-electron chi connectivity index (χ3n) is 8.57. The molecule has 3 rings (SSSR count). The Balaban J connectivity index is 1.26. The van der Waals surface area contributed by atoms with E-state index in [1.807, 2.05) is 32.7 Å². The van der Waals surface area contributed by atoms with Crippen molar-refractivity contribution in [3.63, 3.8) is 0 Å². The SMILES string of the molecule is CC(C)OC(=O)C(CCC(=O)CCCOCCOCCOCCOCCOCCNC(=O)C(C)(C)C)NC(=O)c1ccc(N(C)Cc2cnc3nc(N)nc(N)c3n2)cc1. The van der Waals surface area contributed by atoms with Gasteiger partial charge < -0.3 is 55.4 Å². The normalized spacial score (nSPS) is 12.1. The molecule has 0 radical (unpaired) electrons. The number of carbonyl (C=O) groups excluding carboxylic acids is 4. The number of hydrogen-bond acceptors (Lipinski definition) is 17. The predicted molar refractivity (Wildman–Crippen MR) is 225 cm³/mol. The molecule has 0 saturated carbocycles. The Morgan fingerprint density at radius 1 is 0.783 bits per heavy atom. The Morgan fingerprint density at radius 3 is 1.95 bits per heavy atom. The summed E-state index contributed by atoms with van der Waals surface area (Å²) < 4.78 is 32.9. The molecule has 0 aliphatic carbocycles. The highest BCUT2D eigenvalue weighted by molar-refractivity contribution is 5.97. The Labute approximate surface area is 351 Å². The van der Waals surface area contributed by atoms with E-state index in [4.69, 9.17) is 39.9 Å². The number of ether oxygens (including phenoxy) is 6. The topological polar surface area (TPSA) is 255 Å². The standard InChI is InChI=1S/C41H63N9O10/c1-28(2)60-38(53)33(47-37(52)29-9-11-31(12-10-29)50(6)27-30-26-45-36-34(46-30)35(42)48-40(43)49-36)14-13-32(51)8-7-16-55-18-20-57-22-24-59-25-23-58-21-19-56-17-15-44-39(54)41(3,4)5/h9-12,26,28,33H,7-8,13-25,27H2,1-6H3,(H,44,54)(H,47,52)(H4,42,43,45,48,49). The van der Waals surface area contributed by atoms with Crippen LogP contribution in [0.15, 0.2) is 30.5 Å². The van der Waals surface area contributed by atoms with Crippen LogP contribution < -0.4 is 27.0 Å². The smallest absolute Gasteiger partial charge is 0.328 e. The summed E-state index contributed by atoms with van der Waals surface area (Å²) in [6.45, 7) is 14.0. The van der Waals surface area contributed by atoms with Crippen molar-refractivity contribution in [2.75, 3.05) is 96.0 Å². The highest BCUT2D eigenvalue weighted by Crippen LogP contribution is 2.19. The average Bonchev–Trinajstić information content (AvgIpc) is 3.19. The quantitative estimate of drug-likeness (QED) is 0.0579. The van der Waals surface area contributed by atoms with Crippen LogP contribution in [-0.2, 0) is 49.3 Å². The maximum atomic E-state index is 13.2. The van der Waals surface area contributed by atoms with Crippen LogP contribution in [0.25, 0.3) is 11.2 Å². The molecule has 19 nitrogen and oxygen atoms in total. The Hall–Kier alpha value is -5.08. The first kappa shape index (κ1) is 49.3. The Kier molecular flexibility index (Phi) is 21.5. The highest BCUT2D eigenvalue weighted by Gasteiger charge is 2.25. The molecular formula is C41H63N9O10. The molecule has 1 atom stereocenters. The Morgan fingerprint density at radius 2 is 1.37 bits per heavy atom. The van der Waals surface area contributed by atoms with E-state index >= 15 is 0 Å². The molecule has 332 valence electrons. The van der Waals surface area contributed by atoms with Gasteiger partial charge in [0.05, 0.1) is 84.0 Å². The van der Waals surface area contributed by atoms with Crippen LogP contribution in [0.1, 0.15) is 76.4 Å². The van der Waals surface area contributed by atoms with Crippen LogP contribution in [-0.4, -0.2) is 135 Å². The molecule has 6 N–H and O–H groups in total. The number of carbonyl (C=O) groups is 4. The number of nitrogen functional groups attached to an aromatic ring is 2. The number of hydrogen-bond donors (Lipinski definition) is 4. The first-order valence-corrected chi connectivity index (χ1v) is 20.2. The molecule has 1 unspecified atom stereocenters. The van der Waals surface area contributed by atoms with Gasteiger partial charge in [-0.2, -0.15) is 9.97 Å². The minimum atomic E-state index is -1.000. The van der Waals surface area contributed by atoms with Crippen LogP contribution in [0.3, 0.4) is 0 Å². The summed E-state index contributed by atoms with van der Waals surface area (Å²) in [6.07, 6.45) is 2.16. The van der Waals surface area contributed by atoms with E-state index in [9.17, 15) is 19.2 Å². The second-order valence-corrected chi connectivity index (χ2v) is 15.2. The van der Waals surface area contributed by atoms with Gasteiger partial charge >= 0.3 is 5.97 Å². The molecule has 60 heavy (non-hydrogen) atoms. The summed E-state index contributed by atoms with van der Waals surface area (Å²) in [5.74, 6) is -0.972. The summed E-state index contributed by atoms with van der Waals surface area (Å²) in [7, 11) is 1.86. The molecule has 0 saturated heterocycles. The lowest BCUT2D eigenvalue weighted by atomic mass is 9.96. The third kappa shape index (κ3) is 18.9. The maximum absolute atomic E-state index is 13.2. The average molecular weight is 842 g/mol. The number of esters is 1. The van der Waals surface area contributed by atoms with Gasteiger partial charge in [-0.3, -0.25) is 14.4 Å². The van der Waals surface area contributed by atoms with E-state index in [-0.39, 0.29) is 42.7 Å². The molecule has 2 amide bonds. The van der Waals surface area contributed by atoms with Crippen molar-refractivity contribution in [1.82, 2.24) is 30.6 Å². The van der Waals surface area contributed by atoms with Gasteiger partial charge in [0.25, 0.3) is 5.91 Å². The largest absolute Gasteiger partial charge is 0.461 e. The van der Waals surface area contributed by atoms with E-state index in [2.05, 4.69) is 30.6 Å². The monoisotopic (exact) mass is 841 g/mol.